The van der Waals surface area contributed by atoms with E-state index in [-0.39, 0.29) is 12.1 Å². The molecule has 2 aliphatic rings. The highest BCUT2D eigenvalue weighted by molar-refractivity contribution is 6.33. The summed E-state index contributed by atoms with van der Waals surface area (Å²) in [5, 5.41) is 14.1. The van der Waals surface area contributed by atoms with Gasteiger partial charge in [-0.25, -0.2) is 4.79 Å². The Labute approximate surface area is 144 Å². The first kappa shape index (κ1) is 15.5. The largest absolute Gasteiger partial charge is 0.465 e. The standard InChI is InChI=1S/C17H18ClN3O3/c18-13-4-2-1-3-12(13)16-9-14(19-24-16)15-6-5-11-10-20(17(22)23)7-8-21(11)15/h1-4,9,11,15H,5-8,10H2,(H,22,23)/t11-,15+/m0/s1. The summed E-state index contributed by atoms with van der Waals surface area (Å²) in [5.41, 5.74) is 1.74. The van der Waals surface area contributed by atoms with Gasteiger partial charge in [0.05, 0.1) is 11.1 Å². The topological polar surface area (TPSA) is 69.8 Å². The molecule has 1 aromatic carbocycles. The molecule has 0 spiro atoms. The van der Waals surface area contributed by atoms with Gasteiger partial charge >= 0.3 is 6.09 Å². The van der Waals surface area contributed by atoms with Crippen LogP contribution in [0.2, 0.25) is 5.02 Å². The zero-order valence-corrected chi connectivity index (χ0v) is 13.8. The average molecular weight is 348 g/mol. The summed E-state index contributed by atoms with van der Waals surface area (Å²) in [6, 6.07) is 9.95. The van der Waals surface area contributed by atoms with Crippen molar-refractivity contribution in [3.05, 3.63) is 41.0 Å². The van der Waals surface area contributed by atoms with Crippen LogP contribution in [0.25, 0.3) is 11.3 Å². The molecule has 2 atom stereocenters. The van der Waals surface area contributed by atoms with E-state index < -0.39 is 6.09 Å². The molecule has 6 nitrogen and oxygen atoms in total. The van der Waals surface area contributed by atoms with E-state index in [0.717, 1.165) is 30.6 Å². The minimum Gasteiger partial charge on any atom is -0.465 e. The number of hydrogen-bond acceptors (Lipinski definition) is 4. The normalized spacial score (nSPS) is 24.1. The van der Waals surface area contributed by atoms with Crippen LogP contribution in [0.5, 0.6) is 0 Å². The van der Waals surface area contributed by atoms with Crippen molar-refractivity contribution < 1.29 is 14.4 Å². The molecule has 1 N–H and O–H groups in total. The molecule has 0 saturated carbocycles. The van der Waals surface area contributed by atoms with Crippen LogP contribution in [0.15, 0.2) is 34.9 Å². The lowest BCUT2D eigenvalue weighted by Gasteiger charge is -2.38. The third-order valence-corrected chi connectivity index (χ3v) is 5.31. The van der Waals surface area contributed by atoms with Crippen LogP contribution >= 0.6 is 11.6 Å². The van der Waals surface area contributed by atoms with Crippen LogP contribution in [-0.4, -0.2) is 51.8 Å². The molecule has 7 heteroatoms. The first-order valence-corrected chi connectivity index (χ1v) is 8.46. The van der Waals surface area contributed by atoms with E-state index in [1.54, 1.807) is 0 Å². The van der Waals surface area contributed by atoms with Gasteiger partial charge in [-0.2, -0.15) is 0 Å². The van der Waals surface area contributed by atoms with E-state index in [1.165, 1.54) is 4.90 Å². The van der Waals surface area contributed by atoms with Crippen LogP contribution in [0.4, 0.5) is 4.79 Å². The molecule has 24 heavy (non-hydrogen) atoms. The Morgan fingerprint density at radius 3 is 2.92 bits per heavy atom. The molecule has 2 aliphatic heterocycles. The molecule has 126 valence electrons. The zero-order valence-electron chi connectivity index (χ0n) is 13.1. The molecule has 1 amide bonds. The number of aromatic nitrogens is 1. The van der Waals surface area contributed by atoms with Gasteiger partial charge in [-0.3, -0.25) is 4.90 Å². The number of nitrogens with zero attached hydrogens (tertiary/aromatic N) is 3. The summed E-state index contributed by atoms with van der Waals surface area (Å²) in [6.45, 7) is 1.84. The van der Waals surface area contributed by atoms with E-state index in [1.807, 2.05) is 30.3 Å². The third kappa shape index (κ3) is 2.65. The second-order valence-electron chi connectivity index (χ2n) is 6.31. The number of hydrogen-bond donors (Lipinski definition) is 1. The monoisotopic (exact) mass is 347 g/mol. The number of amides is 1. The maximum atomic E-state index is 11.2. The number of benzene rings is 1. The molecule has 0 radical (unpaired) electrons. The third-order valence-electron chi connectivity index (χ3n) is 4.98. The first-order valence-electron chi connectivity index (χ1n) is 8.08. The molecule has 0 aliphatic carbocycles. The Balaban J connectivity index is 1.54. The summed E-state index contributed by atoms with van der Waals surface area (Å²) in [5.74, 6) is 0.670. The average Bonchev–Trinajstić information content (AvgIpc) is 3.21. The summed E-state index contributed by atoms with van der Waals surface area (Å²) in [4.78, 5) is 15.0. The number of fused-ring (bicyclic) bond motifs is 1. The molecule has 0 unspecified atom stereocenters. The molecule has 2 aromatic rings. The number of carbonyl (C=O) groups is 1. The van der Waals surface area contributed by atoms with Gasteiger partial charge in [-0.05, 0) is 25.0 Å². The summed E-state index contributed by atoms with van der Waals surface area (Å²) >= 11 is 6.22. The lowest BCUT2D eigenvalue weighted by atomic mass is 10.1. The summed E-state index contributed by atoms with van der Waals surface area (Å²) in [7, 11) is 0. The van der Waals surface area contributed by atoms with Crippen molar-refractivity contribution in [1.29, 1.82) is 0 Å². The van der Waals surface area contributed by atoms with Crippen molar-refractivity contribution in [2.75, 3.05) is 19.6 Å². The first-order chi connectivity index (χ1) is 11.6. The second kappa shape index (κ2) is 6.11. The quantitative estimate of drug-likeness (QED) is 0.900. The van der Waals surface area contributed by atoms with Crippen LogP contribution in [-0.2, 0) is 0 Å². The lowest BCUT2D eigenvalue weighted by molar-refractivity contribution is 0.0700. The van der Waals surface area contributed by atoms with E-state index in [2.05, 4.69) is 10.1 Å². The highest BCUT2D eigenvalue weighted by Crippen LogP contribution is 2.39. The van der Waals surface area contributed by atoms with Crippen molar-refractivity contribution in [3.63, 3.8) is 0 Å². The zero-order chi connectivity index (χ0) is 16.7. The number of rotatable bonds is 2. The number of carboxylic acid groups (broad SMARTS) is 1. The van der Waals surface area contributed by atoms with Gasteiger partial charge in [0.2, 0.25) is 0 Å². The Kier molecular flexibility index (Phi) is 3.94. The molecule has 3 heterocycles. The molecular formula is C17H18ClN3O3. The smallest absolute Gasteiger partial charge is 0.407 e. The van der Waals surface area contributed by atoms with Crippen molar-refractivity contribution in [1.82, 2.24) is 15.0 Å². The van der Waals surface area contributed by atoms with Gasteiger partial charge in [0.1, 0.15) is 5.69 Å². The second-order valence-corrected chi connectivity index (χ2v) is 6.72. The maximum Gasteiger partial charge on any atom is 0.407 e. The highest BCUT2D eigenvalue weighted by atomic mass is 35.5. The summed E-state index contributed by atoms with van der Waals surface area (Å²) < 4.78 is 5.52. The Hall–Kier alpha value is -2.05. The minimum atomic E-state index is -0.833. The van der Waals surface area contributed by atoms with Gasteiger partial charge in [0, 0.05) is 37.3 Å². The summed E-state index contributed by atoms with van der Waals surface area (Å²) in [6.07, 6.45) is 1.11. The van der Waals surface area contributed by atoms with Gasteiger partial charge in [-0.1, -0.05) is 28.9 Å². The van der Waals surface area contributed by atoms with Crippen LogP contribution in [0, 0.1) is 0 Å². The van der Waals surface area contributed by atoms with Crippen LogP contribution in [0.3, 0.4) is 0 Å². The van der Waals surface area contributed by atoms with E-state index in [9.17, 15) is 4.79 Å². The highest BCUT2D eigenvalue weighted by Gasteiger charge is 2.40. The fourth-order valence-corrected chi connectivity index (χ4v) is 4.01. The molecule has 0 bridgehead atoms. The number of halogens is 1. The Morgan fingerprint density at radius 1 is 1.29 bits per heavy atom. The molecule has 1 aromatic heterocycles. The lowest BCUT2D eigenvalue weighted by Crippen LogP contribution is -2.52. The Morgan fingerprint density at radius 2 is 2.12 bits per heavy atom. The van der Waals surface area contributed by atoms with Gasteiger partial charge in [0.15, 0.2) is 5.76 Å². The molecule has 2 fully saturated rings. The SMILES string of the molecule is O=C(O)N1CCN2[C@@H](CC[C@@H]2c2cc(-c3ccccc3Cl)on2)C1. The van der Waals surface area contributed by atoms with Crippen LogP contribution < -0.4 is 0 Å². The van der Waals surface area contributed by atoms with E-state index in [4.69, 9.17) is 21.2 Å². The number of piperazine rings is 1. The van der Waals surface area contributed by atoms with Crippen LogP contribution in [0.1, 0.15) is 24.6 Å². The molecule has 2 saturated heterocycles. The van der Waals surface area contributed by atoms with Crippen molar-refractivity contribution in [3.8, 4) is 11.3 Å². The van der Waals surface area contributed by atoms with Gasteiger partial charge in [-0.15, -0.1) is 0 Å². The molecular weight excluding hydrogens is 330 g/mol. The molecule has 4 rings (SSSR count). The maximum absolute atomic E-state index is 11.2. The van der Waals surface area contributed by atoms with E-state index >= 15 is 0 Å². The predicted molar refractivity (Wildman–Crippen MR) is 89.0 cm³/mol. The fraction of sp³-hybridized carbons (Fsp3) is 0.412. The Bertz CT molecular complexity index is 763. The minimum absolute atomic E-state index is 0.186. The van der Waals surface area contributed by atoms with Crippen molar-refractivity contribution >= 4 is 17.7 Å². The van der Waals surface area contributed by atoms with Crippen molar-refractivity contribution in [2.24, 2.45) is 0 Å². The van der Waals surface area contributed by atoms with E-state index in [0.29, 0.717) is 23.9 Å². The predicted octanol–water partition coefficient (Wildman–Crippen LogP) is 3.49. The fourth-order valence-electron chi connectivity index (χ4n) is 3.78. The van der Waals surface area contributed by atoms with Gasteiger partial charge < -0.3 is 14.5 Å². The van der Waals surface area contributed by atoms with Crippen molar-refractivity contribution in [2.45, 2.75) is 24.9 Å². The van der Waals surface area contributed by atoms with Gasteiger partial charge in [0.25, 0.3) is 0 Å².